The van der Waals surface area contributed by atoms with Crippen molar-refractivity contribution in [1.82, 2.24) is 0 Å². The minimum Gasteiger partial charge on any atom is -0.387 e. The third-order valence-corrected chi connectivity index (χ3v) is 2.52. The molecule has 0 saturated carbocycles. The van der Waals surface area contributed by atoms with Crippen molar-refractivity contribution in [1.29, 1.82) is 0 Å². The van der Waals surface area contributed by atoms with Gasteiger partial charge >= 0.3 is 0 Å². The van der Waals surface area contributed by atoms with Crippen molar-refractivity contribution < 1.29 is 19.3 Å². The quantitative estimate of drug-likeness (QED) is 0.655. The third kappa shape index (κ3) is 1.48. The van der Waals surface area contributed by atoms with Crippen molar-refractivity contribution >= 4 is 0 Å². The maximum atomic E-state index is 9.76. The molecule has 2 aliphatic rings. The van der Waals surface area contributed by atoms with Gasteiger partial charge in [0.2, 0.25) is 0 Å². The van der Waals surface area contributed by atoms with Crippen LogP contribution in [-0.2, 0) is 14.2 Å². The van der Waals surface area contributed by atoms with Gasteiger partial charge in [0.15, 0.2) is 12.1 Å². The number of ether oxygens (including phenoxy) is 3. The van der Waals surface area contributed by atoms with Gasteiger partial charge in [-0.1, -0.05) is 6.92 Å². The lowest BCUT2D eigenvalue weighted by Gasteiger charge is -2.22. The van der Waals surface area contributed by atoms with E-state index in [1.54, 1.807) is 0 Å². The molecule has 76 valence electrons. The highest BCUT2D eigenvalue weighted by Crippen LogP contribution is 2.37. The van der Waals surface area contributed by atoms with Crippen molar-refractivity contribution in [3.05, 3.63) is 0 Å². The maximum Gasteiger partial charge on any atom is 0.190 e. The molecule has 13 heavy (non-hydrogen) atoms. The van der Waals surface area contributed by atoms with Crippen LogP contribution in [0.1, 0.15) is 27.2 Å². The first-order chi connectivity index (χ1) is 6.03. The van der Waals surface area contributed by atoms with Gasteiger partial charge in [-0.2, -0.15) is 0 Å². The van der Waals surface area contributed by atoms with Gasteiger partial charge in [-0.15, -0.1) is 0 Å². The monoisotopic (exact) mass is 188 g/mol. The standard InChI is InChI=1S/C9H16O4/c1-4-5-6(10)7-8(11-5)13-9(2,3)12-7/h5-8,10H,4H2,1-3H3/t5-,6+,7?,8+/m1/s1. The molecule has 2 aliphatic heterocycles. The molecule has 1 N–H and O–H groups in total. The molecule has 1 unspecified atom stereocenters. The molecule has 0 spiro atoms. The molecule has 4 atom stereocenters. The highest BCUT2D eigenvalue weighted by atomic mass is 16.8. The van der Waals surface area contributed by atoms with Crippen LogP contribution in [0.2, 0.25) is 0 Å². The normalized spacial score (nSPS) is 48.0. The van der Waals surface area contributed by atoms with Crippen LogP contribution < -0.4 is 0 Å². The van der Waals surface area contributed by atoms with Crippen LogP contribution in [0.25, 0.3) is 0 Å². The SMILES string of the molecule is CC[C@H]1O[C@H]2OC(C)(C)OC2[C@H]1O. The molecular formula is C9H16O4. The first-order valence-electron chi connectivity index (χ1n) is 4.72. The van der Waals surface area contributed by atoms with Gasteiger partial charge in [-0.3, -0.25) is 0 Å². The second-order valence-corrected chi connectivity index (χ2v) is 4.04. The molecular weight excluding hydrogens is 172 g/mol. The van der Waals surface area contributed by atoms with Crippen molar-refractivity contribution in [2.45, 2.75) is 57.6 Å². The molecule has 4 heteroatoms. The van der Waals surface area contributed by atoms with Crippen LogP contribution in [-0.4, -0.2) is 35.5 Å². The number of fused-ring (bicyclic) bond motifs is 1. The first-order valence-corrected chi connectivity index (χ1v) is 4.72. The Morgan fingerprint density at radius 2 is 2.00 bits per heavy atom. The minimum absolute atomic E-state index is 0.147. The zero-order chi connectivity index (χ0) is 9.64. The molecule has 0 aromatic carbocycles. The Bertz CT molecular complexity index is 204. The summed E-state index contributed by atoms with van der Waals surface area (Å²) in [5, 5.41) is 9.76. The second-order valence-electron chi connectivity index (χ2n) is 4.04. The number of rotatable bonds is 1. The van der Waals surface area contributed by atoms with E-state index in [0.29, 0.717) is 0 Å². The molecule has 2 fully saturated rings. The summed E-state index contributed by atoms with van der Waals surface area (Å²) in [6.07, 6.45) is -0.640. The molecule has 2 rings (SSSR count). The van der Waals surface area contributed by atoms with E-state index in [4.69, 9.17) is 14.2 Å². The van der Waals surface area contributed by atoms with Crippen LogP contribution in [0, 0.1) is 0 Å². The summed E-state index contributed by atoms with van der Waals surface area (Å²) in [6.45, 7) is 5.62. The average Bonchev–Trinajstić information content (AvgIpc) is 2.47. The predicted molar refractivity (Wildman–Crippen MR) is 45.0 cm³/mol. The summed E-state index contributed by atoms with van der Waals surface area (Å²) in [4.78, 5) is 0. The van der Waals surface area contributed by atoms with E-state index in [2.05, 4.69) is 0 Å². The molecule has 2 saturated heterocycles. The third-order valence-electron chi connectivity index (χ3n) is 2.52. The topological polar surface area (TPSA) is 47.9 Å². The van der Waals surface area contributed by atoms with E-state index in [1.165, 1.54) is 0 Å². The largest absolute Gasteiger partial charge is 0.387 e. The molecule has 0 radical (unpaired) electrons. The van der Waals surface area contributed by atoms with Gasteiger partial charge in [0.1, 0.15) is 12.2 Å². The van der Waals surface area contributed by atoms with Gasteiger partial charge in [0.25, 0.3) is 0 Å². The molecule has 0 aromatic rings. The van der Waals surface area contributed by atoms with Crippen LogP contribution >= 0.6 is 0 Å². The van der Waals surface area contributed by atoms with E-state index in [1.807, 2.05) is 20.8 Å². The molecule has 0 amide bonds. The lowest BCUT2D eigenvalue weighted by Crippen LogP contribution is -2.34. The van der Waals surface area contributed by atoms with Gasteiger partial charge in [0, 0.05) is 0 Å². The Balaban J connectivity index is 2.07. The fourth-order valence-corrected chi connectivity index (χ4v) is 1.90. The minimum atomic E-state index is -0.630. The Labute approximate surface area is 77.8 Å². The molecule has 0 bridgehead atoms. The van der Waals surface area contributed by atoms with Gasteiger partial charge in [-0.05, 0) is 20.3 Å². The van der Waals surface area contributed by atoms with Crippen molar-refractivity contribution in [2.75, 3.05) is 0 Å². The molecule has 4 nitrogen and oxygen atoms in total. The fraction of sp³-hybridized carbons (Fsp3) is 1.00. The average molecular weight is 188 g/mol. The Morgan fingerprint density at radius 1 is 1.31 bits per heavy atom. The molecule has 0 aromatic heterocycles. The Morgan fingerprint density at radius 3 is 2.54 bits per heavy atom. The van der Waals surface area contributed by atoms with Crippen molar-refractivity contribution in [3.8, 4) is 0 Å². The van der Waals surface area contributed by atoms with E-state index in [9.17, 15) is 5.11 Å². The first kappa shape index (κ1) is 9.40. The number of aliphatic hydroxyl groups excluding tert-OH is 1. The highest BCUT2D eigenvalue weighted by Gasteiger charge is 2.53. The van der Waals surface area contributed by atoms with E-state index in [-0.39, 0.29) is 12.2 Å². The van der Waals surface area contributed by atoms with Crippen LogP contribution in [0.5, 0.6) is 0 Å². The number of hydrogen-bond acceptors (Lipinski definition) is 4. The zero-order valence-corrected chi connectivity index (χ0v) is 8.19. The lowest BCUT2D eigenvalue weighted by molar-refractivity contribution is -0.214. The molecule has 0 aliphatic carbocycles. The summed E-state index contributed by atoms with van der Waals surface area (Å²) in [6, 6.07) is 0. The van der Waals surface area contributed by atoms with Crippen LogP contribution in [0.15, 0.2) is 0 Å². The zero-order valence-electron chi connectivity index (χ0n) is 8.19. The summed E-state index contributed by atoms with van der Waals surface area (Å²) in [7, 11) is 0. The fourth-order valence-electron chi connectivity index (χ4n) is 1.90. The summed E-state index contributed by atoms with van der Waals surface area (Å²) in [5.74, 6) is -0.630. The number of aliphatic hydroxyl groups is 1. The van der Waals surface area contributed by atoms with Gasteiger partial charge in [-0.25, -0.2) is 0 Å². The Kier molecular flexibility index (Phi) is 2.11. The predicted octanol–water partition coefficient (Wildman–Crippen LogP) is 0.634. The Hall–Kier alpha value is -0.160. The molecule has 2 heterocycles. The lowest BCUT2D eigenvalue weighted by atomic mass is 10.1. The van der Waals surface area contributed by atoms with Crippen molar-refractivity contribution in [3.63, 3.8) is 0 Å². The summed E-state index contributed by atoms with van der Waals surface area (Å²) >= 11 is 0. The second kappa shape index (κ2) is 2.92. The van der Waals surface area contributed by atoms with Gasteiger partial charge in [0.05, 0.1) is 6.10 Å². The van der Waals surface area contributed by atoms with E-state index >= 15 is 0 Å². The van der Waals surface area contributed by atoms with E-state index < -0.39 is 18.2 Å². The van der Waals surface area contributed by atoms with Crippen LogP contribution in [0.4, 0.5) is 0 Å². The maximum absolute atomic E-state index is 9.76. The van der Waals surface area contributed by atoms with Gasteiger partial charge < -0.3 is 19.3 Å². The van der Waals surface area contributed by atoms with Crippen molar-refractivity contribution in [2.24, 2.45) is 0 Å². The smallest absolute Gasteiger partial charge is 0.190 e. The number of hydrogen-bond donors (Lipinski definition) is 1. The highest BCUT2D eigenvalue weighted by molar-refractivity contribution is 4.92. The van der Waals surface area contributed by atoms with Crippen LogP contribution in [0.3, 0.4) is 0 Å². The summed E-state index contributed by atoms with van der Waals surface area (Å²) in [5.41, 5.74) is 0. The summed E-state index contributed by atoms with van der Waals surface area (Å²) < 4.78 is 16.5. The van der Waals surface area contributed by atoms with E-state index in [0.717, 1.165) is 6.42 Å².